The van der Waals surface area contributed by atoms with Crippen molar-refractivity contribution < 1.29 is 19.2 Å². The smallest absolute Gasteiger partial charge is 0.310 e. The van der Waals surface area contributed by atoms with Gasteiger partial charge in [0.1, 0.15) is 0 Å². The van der Waals surface area contributed by atoms with Gasteiger partial charge >= 0.3 is 5.97 Å². The summed E-state index contributed by atoms with van der Waals surface area (Å²) in [5.41, 5.74) is 2.98. The second-order valence-electron chi connectivity index (χ2n) is 9.80. The van der Waals surface area contributed by atoms with E-state index in [0.29, 0.717) is 32.7 Å². The Morgan fingerprint density at radius 2 is 1.89 bits per heavy atom. The molecule has 0 bridgehead atoms. The fourth-order valence-corrected chi connectivity index (χ4v) is 5.95. The number of fused-ring (bicyclic) bond motifs is 3. The number of ether oxygens (including phenoxy) is 1. The Balaban J connectivity index is 1.44. The van der Waals surface area contributed by atoms with Gasteiger partial charge in [-0.2, -0.15) is 0 Å². The molecule has 2 aromatic carbocycles. The van der Waals surface area contributed by atoms with E-state index in [1.54, 1.807) is 19.1 Å². The van der Waals surface area contributed by atoms with E-state index in [1.165, 1.54) is 0 Å². The van der Waals surface area contributed by atoms with Gasteiger partial charge < -0.3 is 19.4 Å². The molecular formula is C27H32N4O5. The maximum atomic E-state index is 14.0. The number of esters is 1. The van der Waals surface area contributed by atoms with E-state index < -0.39 is 0 Å². The molecule has 1 amide bonds. The van der Waals surface area contributed by atoms with Crippen molar-refractivity contribution in [3.05, 3.63) is 64.2 Å². The number of anilines is 2. The number of piperidine rings is 1. The Kier molecular flexibility index (Phi) is 6.80. The number of rotatable bonds is 5. The van der Waals surface area contributed by atoms with Gasteiger partial charge in [0.2, 0.25) is 5.91 Å². The molecule has 2 aromatic rings. The summed E-state index contributed by atoms with van der Waals surface area (Å²) in [6.07, 6.45) is 1.92. The minimum atomic E-state index is -0.384. The molecule has 0 aliphatic carbocycles. The molecule has 3 atom stereocenters. The van der Waals surface area contributed by atoms with Crippen molar-refractivity contribution in [3.8, 4) is 0 Å². The third-order valence-corrected chi connectivity index (χ3v) is 7.70. The molecule has 3 aliphatic heterocycles. The van der Waals surface area contributed by atoms with Crippen molar-refractivity contribution in [2.45, 2.75) is 32.2 Å². The zero-order valence-corrected chi connectivity index (χ0v) is 20.5. The van der Waals surface area contributed by atoms with Crippen molar-refractivity contribution in [2.24, 2.45) is 11.8 Å². The van der Waals surface area contributed by atoms with Crippen LogP contribution < -0.4 is 9.80 Å². The van der Waals surface area contributed by atoms with Gasteiger partial charge in [0.15, 0.2) is 0 Å². The molecule has 0 N–H and O–H groups in total. The van der Waals surface area contributed by atoms with Crippen molar-refractivity contribution in [1.29, 1.82) is 0 Å². The Labute approximate surface area is 210 Å². The molecule has 9 heteroatoms. The molecule has 0 saturated carbocycles. The highest BCUT2D eigenvalue weighted by Crippen LogP contribution is 2.39. The van der Waals surface area contributed by atoms with Crippen LogP contribution in [0.5, 0.6) is 0 Å². The highest BCUT2D eigenvalue weighted by molar-refractivity contribution is 5.84. The van der Waals surface area contributed by atoms with E-state index in [0.717, 1.165) is 42.9 Å². The SMILES string of the molecule is CCOC(=O)[C@@H]1CCCN(C(=O)[C@@H]2Cc3cc([N+](=O)[O-])ccc3N3CCN(c4ccccc4)C[C@@H]23)C1. The second-order valence-corrected chi connectivity index (χ2v) is 9.80. The van der Waals surface area contributed by atoms with Crippen LogP contribution >= 0.6 is 0 Å². The fraction of sp³-hybridized carbons (Fsp3) is 0.481. The van der Waals surface area contributed by atoms with E-state index in [1.807, 2.05) is 29.2 Å². The summed E-state index contributed by atoms with van der Waals surface area (Å²) >= 11 is 0. The van der Waals surface area contributed by atoms with Crippen molar-refractivity contribution in [3.63, 3.8) is 0 Å². The normalized spacial score (nSPS) is 23.5. The first kappa shape index (κ1) is 24.1. The van der Waals surface area contributed by atoms with E-state index in [-0.39, 0.29) is 40.4 Å². The van der Waals surface area contributed by atoms with Gasteiger partial charge in [0.25, 0.3) is 5.69 Å². The molecule has 2 saturated heterocycles. The number of non-ortho nitro benzene ring substituents is 1. The number of benzene rings is 2. The number of carbonyl (C=O) groups is 2. The molecule has 0 spiro atoms. The third kappa shape index (κ3) is 4.62. The van der Waals surface area contributed by atoms with E-state index in [2.05, 4.69) is 21.9 Å². The average Bonchev–Trinajstić information content (AvgIpc) is 2.92. The van der Waals surface area contributed by atoms with Crippen LogP contribution in [0.25, 0.3) is 0 Å². The summed E-state index contributed by atoms with van der Waals surface area (Å²) in [6, 6.07) is 15.1. The van der Waals surface area contributed by atoms with Crippen LogP contribution in [0.3, 0.4) is 0 Å². The summed E-state index contributed by atoms with van der Waals surface area (Å²) in [4.78, 5) is 43.9. The third-order valence-electron chi connectivity index (χ3n) is 7.70. The average molecular weight is 493 g/mol. The quantitative estimate of drug-likeness (QED) is 0.359. The lowest BCUT2D eigenvalue weighted by Gasteiger charge is -2.50. The fourth-order valence-electron chi connectivity index (χ4n) is 5.95. The Morgan fingerprint density at radius 1 is 1.08 bits per heavy atom. The molecule has 0 radical (unpaired) electrons. The lowest BCUT2D eigenvalue weighted by molar-refractivity contribution is -0.384. The summed E-state index contributed by atoms with van der Waals surface area (Å²) < 4.78 is 5.23. The van der Waals surface area contributed by atoms with Gasteiger partial charge in [0.05, 0.1) is 29.4 Å². The second kappa shape index (κ2) is 10.2. The Bertz CT molecular complexity index is 1140. The van der Waals surface area contributed by atoms with Gasteiger partial charge in [0, 0.05) is 56.2 Å². The highest BCUT2D eigenvalue weighted by atomic mass is 16.6. The number of carbonyl (C=O) groups excluding carboxylic acids is 2. The molecule has 5 rings (SSSR count). The minimum Gasteiger partial charge on any atom is -0.466 e. The van der Waals surface area contributed by atoms with Crippen LogP contribution in [-0.4, -0.2) is 67.1 Å². The van der Waals surface area contributed by atoms with Crippen LogP contribution in [0.15, 0.2) is 48.5 Å². The topological polar surface area (TPSA) is 96.2 Å². The van der Waals surface area contributed by atoms with Gasteiger partial charge in [-0.15, -0.1) is 0 Å². The van der Waals surface area contributed by atoms with Crippen molar-refractivity contribution in [1.82, 2.24) is 4.90 Å². The monoisotopic (exact) mass is 492 g/mol. The molecule has 36 heavy (non-hydrogen) atoms. The van der Waals surface area contributed by atoms with E-state index in [9.17, 15) is 19.7 Å². The van der Waals surface area contributed by atoms with E-state index in [4.69, 9.17) is 4.74 Å². The molecule has 0 unspecified atom stereocenters. The molecule has 2 fully saturated rings. The number of likely N-dealkylation sites (tertiary alicyclic amines) is 1. The Morgan fingerprint density at radius 3 is 2.64 bits per heavy atom. The highest BCUT2D eigenvalue weighted by Gasteiger charge is 2.44. The molecule has 0 aromatic heterocycles. The van der Waals surface area contributed by atoms with Crippen molar-refractivity contribution in [2.75, 3.05) is 49.1 Å². The zero-order chi connectivity index (χ0) is 25.2. The van der Waals surface area contributed by atoms with Crippen LogP contribution in [-0.2, 0) is 20.7 Å². The predicted molar refractivity (Wildman–Crippen MR) is 136 cm³/mol. The van der Waals surface area contributed by atoms with Crippen LogP contribution in [0.1, 0.15) is 25.3 Å². The lowest BCUT2D eigenvalue weighted by Crippen LogP contribution is -2.62. The summed E-state index contributed by atoms with van der Waals surface area (Å²) in [6.45, 7) is 5.30. The van der Waals surface area contributed by atoms with Crippen LogP contribution in [0.4, 0.5) is 17.1 Å². The first-order chi connectivity index (χ1) is 17.5. The van der Waals surface area contributed by atoms with Gasteiger partial charge in [-0.25, -0.2) is 0 Å². The molecule has 3 heterocycles. The van der Waals surface area contributed by atoms with Gasteiger partial charge in [-0.05, 0) is 49.9 Å². The largest absolute Gasteiger partial charge is 0.466 e. The maximum Gasteiger partial charge on any atom is 0.310 e. The molecular weight excluding hydrogens is 460 g/mol. The van der Waals surface area contributed by atoms with Crippen molar-refractivity contribution >= 4 is 28.9 Å². The lowest BCUT2D eigenvalue weighted by atomic mass is 9.82. The number of nitrogens with zero attached hydrogens (tertiary/aromatic N) is 4. The van der Waals surface area contributed by atoms with Crippen LogP contribution in [0.2, 0.25) is 0 Å². The molecule has 9 nitrogen and oxygen atoms in total. The number of piperazine rings is 1. The standard InChI is InChI=1S/C27H32N4O5/c1-2-36-27(33)19-7-6-12-29(17-19)26(32)23-16-20-15-22(31(34)35)10-11-24(20)30-14-13-28(18-25(23)30)21-8-4-3-5-9-21/h3-5,8-11,15,19,23,25H,2,6-7,12-14,16-18H2,1H3/t19-,23-,25+/m1/s1. The molecule has 3 aliphatic rings. The van der Waals surface area contributed by atoms with Gasteiger partial charge in [-0.3, -0.25) is 19.7 Å². The summed E-state index contributed by atoms with van der Waals surface area (Å²) in [5, 5.41) is 11.5. The van der Waals surface area contributed by atoms with E-state index >= 15 is 0 Å². The zero-order valence-electron chi connectivity index (χ0n) is 20.5. The number of nitro benzene ring substituents is 1. The maximum absolute atomic E-state index is 14.0. The predicted octanol–water partition coefficient (Wildman–Crippen LogP) is 3.26. The number of hydrogen-bond donors (Lipinski definition) is 0. The first-order valence-electron chi connectivity index (χ1n) is 12.8. The molecule has 190 valence electrons. The number of hydrogen-bond acceptors (Lipinski definition) is 7. The minimum absolute atomic E-state index is 0.0195. The van der Waals surface area contributed by atoms with Crippen LogP contribution in [0, 0.1) is 22.0 Å². The number of amides is 1. The van der Waals surface area contributed by atoms with Gasteiger partial charge in [-0.1, -0.05) is 18.2 Å². The number of nitro groups is 1. The number of para-hydroxylation sites is 1. The Hall–Kier alpha value is -3.62. The summed E-state index contributed by atoms with van der Waals surface area (Å²) in [5.74, 6) is -0.880. The summed E-state index contributed by atoms with van der Waals surface area (Å²) in [7, 11) is 0. The first-order valence-corrected chi connectivity index (χ1v) is 12.8.